The summed E-state index contributed by atoms with van der Waals surface area (Å²) >= 11 is 0. The lowest BCUT2D eigenvalue weighted by atomic mass is 9.71. The predicted molar refractivity (Wildman–Crippen MR) is 229 cm³/mol. The van der Waals surface area contributed by atoms with Crippen molar-refractivity contribution in [3.8, 4) is 0 Å². The molecule has 0 aromatic carbocycles. The summed E-state index contributed by atoms with van der Waals surface area (Å²) in [6.07, 6.45) is 3.00. The van der Waals surface area contributed by atoms with Crippen LogP contribution in [0.3, 0.4) is 0 Å². The van der Waals surface area contributed by atoms with Crippen molar-refractivity contribution in [2.24, 2.45) is 23.7 Å². The van der Waals surface area contributed by atoms with Gasteiger partial charge in [-0.15, -0.1) is 0 Å². The molecular weight excluding hydrogens is 817 g/mol. The number of hydrogen-bond acceptors (Lipinski definition) is 15. The molecule has 0 amide bonds. The van der Waals surface area contributed by atoms with Gasteiger partial charge in [0, 0.05) is 58.2 Å². The summed E-state index contributed by atoms with van der Waals surface area (Å²) in [5.74, 6) is -3.19. The van der Waals surface area contributed by atoms with Crippen molar-refractivity contribution in [2.45, 2.75) is 204 Å². The normalized spacial score (nSPS) is 49.2. The van der Waals surface area contributed by atoms with Crippen LogP contribution in [0, 0.1) is 23.7 Å². The second-order valence-electron chi connectivity index (χ2n) is 19.5. The van der Waals surface area contributed by atoms with Gasteiger partial charge in [0.05, 0.1) is 55.4 Å². The van der Waals surface area contributed by atoms with Crippen LogP contribution in [0.2, 0.25) is 0 Å². The number of esters is 1. The summed E-state index contributed by atoms with van der Waals surface area (Å²) in [6, 6.07) is 0. The maximum Gasteiger partial charge on any atom is 0.316 e. The molecule has 15 heteroatoms. The van der Waals surface area contributed by atoms with E-state index < -0.39 is 109 Å². The molecule has 5 saturated heterocycles. The summed E-state index contributed by atoms with van der Waals surface area (Å²) in [6.45, 7) is 15.7. The molecule has 1 spiro atoms. The number of aliphatic hydroxyl groups excluding tert-OH is 3. The highest BCUT2D eigenvalue weighted by Gasteiger charge is 2.60. The van der Waals surface area contributed by atoms with Gasteiger partial charge in [0.25, 0.3) is 0 Å². The fraction of sp³-hybridized carbons (Fsp3) is 0.812. The van der Waals surface area contributed by atoms with Gasteiger partial charge in [0.2, 0.25) is 0 Å². The zero-order valence-electron chi connectivity index (χ0n) is 38.8. The Balaban J connectivity index is 1.19. The number of rotatable bonds is 8. The second-order valence-corrected chi connectivity index (χ2v) is 19.5. The van der Waals surface area contributed by atoms with Crippen molar-refractivity contribution in [3.63, 3.8) is 0 Å². The fourth-order valence-electron chi connectivity index (χ4n) is 11.0. The van der Waals surface area contributed by atoms with Crippen LogP contribution in [-0.2, 0) is 52.2 Å². The molecule has 356 valence electrons. The van der Waals surface area contributed by atoms with Crippen LogP contribution in [-0.4, -0.2) is 151 Å². The molecule has 21 atom stereocenters. The van der Waals surface area contributed by atoms with E-state index in [0.717, 1.165) is 12.0 Å². The molecule has 5 fully saturated rings. The van der Waals surface area contributed by atoms with Crippen LogP contribution < -0.4 is 0 Å². The molecule has 0 aromatic rings. The number of ether oxygens (including phenoxy) is 10. The third-order valence-corrected chi connectivity index (χ3v) is 15.0. The lowest BCUT2D eigenvalue weighted by molar-refractivity contribution is -0.354. The van der Waals surface area contributed by atoms with Gasteiger partial charge in [-0.25, -0.2) is 0 Å². The van der Waals surface area contributed by atoms with Crippen LogP contribution in [0.15, 0.2) is 47.1 Å². The van der Waals surface area contributed by atoms with Gasteiger partial charge in [-0.1, -0.05) is 64.5 Å². The average molecular weight is 891 g/mol. The Kier molecular flexibility index (Phi) is 15.5. The van der Waals surface area contributed by atoms with Crippen molar-refractivity contribution in [1.29, 1.82) is 0 Å². The standard InChI is InChI=1S/C48H74O15/c1-11-24(2)43-28(6)35(49)22-47(63-43)21-33-18-32(62-47)16-15-26(4)42(25(3)13-12-14-31-23-56-45-40(50)27(5)17-34(46(52)59-33)48(31,45)53)60-39-20-37(55-10)44(30(8)58-39)61-38-19-36(54-9)41(51)29(7)57-38/h12-15,17,24-25,28-30,32-45,49-51,53H,11,16,18-23H2,1-10H3/b13-12-,26-15-,31-14?/t24-,25-,28-,29-,30-,32+,33-,34-,35-,36-,37-,38-,39-,40+,41-,42+,43+,44-,45+,47-,48+/m0/s1. The molecule has 7 aliphatic rings. The molecule has 2 bridgehead atoms. The van der Waals surface area contributed by atoms with Gasteiger partial charge in [0.15, 0.2) is 18.4 Å². The van der Waals surface area contributed by atoms with E-state index in [4.69, 9.17) is 47.4 Å². The highest BCUT2D eigenvalue weighted by molar-refractivity contribution is 5.78. The minimum Gasteiger partial charge on any atom is -0.462 e. The average Bonchev–Trinajstić information content (AvgIpc) is 3.59. The van der Waals surface area contributed by atoms with E-state index in [1.165, 1.54) is 0 Å². The van der Waals surface area contributed by atoms with Crippen molar-refractivity contribution >= 4 is 5.97 Å². The molecule has 0 radical (unpaired) electrons. The van der Waals surface area contributed by atoms with Gasteiger partial charge in [-0.2, -0.15) is 0 Å². The van der Waals surface area contributed by atoms with E-state index in [0.29, 0.717) is 36.8 Å². The van der Waals surface area contributed by atoms with E-state index in [9.17, 15) is 25.2 Å². The van der Waals surface area contributed by atoms with Crippen LogP contribution in [0.4, 0.5) is 0 Å². The summed E-state index contributed by atoms with van der Waals surface area (Å²) in [7, 11) is 3.20. The molecule has 15 nitrogen and oxygen atoms in total. The molecule has 63 heavy (non-hydrogen) atoms. The first-order valence-corrected chi connectivity index (χ1v) is 23.3. The highest BCUT2D eigenvalue weighted by Crippen LogP contribution is 2.48. The summed E-state index contributed by atoms with van der Waals surface area (Å²) in [5.41, 5.74) is 0.0234. The zero-order chi connectivity index (χ0) is 45.5. The quantitative estimate of drug-likeness (QED) is 0.196. The molecule has 6 heterocycles. The first-order chi connectivity index (χ1) is 29.9. The Morgan fingerprint density at radius 1 is 0.889 bits per heavy atom. The predicted octanol–water partition coefficient (Wildman–Crippen LogP) is 4.57. The minimum atomic E-state index is -1.87. The number of carbonyl (C=O) groups is 1. The maximum atomic E-state index is 14.4. The molecule has 0 saturated carbocycles. The molecule has 0 aromatic heterocycles. The Morgan fingerprint density at radius 3 is 2.30 bits per heavy atom. The monoisotopic (exact) mass is 891 g/mol. The number of carbonyl (C=O) groups excluding carboxylic acids is 1. The molecule has 0 unspecified atom stereocenters. The van der Waals surface area contributed by atoms with E-state index in [2.05, 4.69) is 19.9 Å². The van der Waals surface area contributed by atoms with Gasteiger partial charge < -0.3 is 67.8 Å². The molecule has 4 N–H and O–H groups in total. The minimum absolute atomic E-state index is 0.0109. The van der Waals surface area contributed by atoms with Crippen molar-refractivity contribution in [2.75, 3.05) is 20.8 Å². The molecule has 1 aliphatic carbocycles. The topological polar surface area (TPSA) is 190 Å². The second kappa shape index (κ2) is 20.0. The number of methoxy groups -OCH3 is 2. The third kappa shape index (κ3) is 9.98. The van der Waals surface area contributed by atoms with Gasteiger partial charge in [-0.05, 0) is 56.8 Å². The number of fused-ring (bicyclic) bond motifs is 2. The first-order valence-electron chi connectivity index (χ1n) is 23.3. The highest BCUT2D eigenvalue weighted by atomic mass is 16.7. The number of hydrogen-bond donors (Lipinski definition) is 4. The van der Waals surface area contributed by atoms with Crippen molar-refractivity contribution in [1.82, 2.24) is 0 Å². The Hall–Kier alpha value is -2.09. The lowest BCUT2D eigenvalue weighted by Gasteiger charge is -2.52. The maximum absolute atomic E-state index is 14.4. The summed E-state index contributed by atoms with van der Waals surface area (Å²) in [5, 5.41) is 45.7. The van der Waals surface area contributed by atoms with E-state index in [1.54, 1.807) is 40.2 Å². The Bertz CT molecular complexity index is 1710. The van der Waals surface area contributed by atoms with Gasteiger partial charge in [0.1, 0.15) is 42.0 Å². The summed E-state index contributed by atoms with van der Waals surface area (Å²) in [4.78, 5) is 14.4. The molecule has 6 aliphatic heterocycles. The largest absolute Gasteiger partial charge is 0.462 e. The zero-order valence-corrected chi connectivity index (χ0v) is 38.8. The van der Waals surface area contributed by atoms with E-state index in [1.807, 2.05) is 39.8 Å². The van der Waals surface area contributed by atoms with Crippen LogP contribution >= 0.6 is 0 Å². The number of allylic oxidation sites excluding steroid dienone is 2. The number of aliphatic hydroxyl groups is 4. The van der Waals surface area contributed by atoms with Gasteiger partial charge in [-0.3, -0.25) is 4.79 Å². The van der Waals surface area contributed by atoms with Gasteiger partial charge >= 0.3 is 5.97 Å². The Morgan fingerprint density at radius 2 is 1.59 bits per heavy atom. The smallest absolute Gasteiger partial charge is 0.316 e. The van der Waals surface area contributed by atoms with Crippen LogP contribution in [0.5, 0.6) is 0 Å². The van der Waals surface area contributed by atoms with E-state index in [-0.39, 0.29) is 43.3 Å². The van der Waals surface area contributed by atoms with Crippen LogP contribution in [0.1, 0.15) is 100 Å². The van der Waals surface area contributed by atoms with Crippen molar-refractivity contribution in [3.05, 3.63) is 47.1 Å². The first kappa shape index (κ1) is 48.8. The van der Waals surface area contributed by atoms with Crippen LogP contribution in [0.25, 0.3) is 0 Å². The third-order valence-electron chi connectivity index (χ3n) is 15.0. The SMILES string of the molecule is CC[C@H](C)[C@H]1O[C@@]2(C[C@@H]3C[C@@H](C/C=C(/C)[C@H](O[C@H]4C[C@H](OC)[C@@H](O[C@H]5C[C@H](OC)[C@@H](O)[C@H](C)O5)[C@H](C)O4)[C@@H](C)/C=C\C=C4CO[C@@H]5[C@H](O)C(C)=C[C@@H](C(=O)O3)[C@]45O)O2)C[C@H](O)[C@@H]1C. The molecule has 7 rings (SSSR count). The van der Waals surface area contributed by atoms with E-state index >= 15 is 0 Å². The summed E-state index contributed by atoms with van der Waals surface area (Å²) < 4.78 is 63.6. The fourth-order valence-corrected chi connectivity index (χ4v) is 11.0. The Labute approximate surface area is 373 Å². The van der Waals surface area contributed by atoms with Crippen molar-refractivity contribution < 1.29 is 72.6 Å². The lowest BCUT2D eigenvalue weighted by Crippen LogP contribution is -2.60. The molecular formula is C48H74O15.